The number of fused-ring (bicyclic) bond motifs is 1. The van der Waals surface area contributed by atoms with Gasteiger partial charge in [0.1, 0.15) is 0 Å². The van der Waals surface area contributed by atoms with Gasteiger partial charge in [-0.3, -0.25) is 4.90 Å². The van der Waals surface area contributed by atoms with Gasteiger partial charge in [-0.1, -0.05) is 0 Å². The largest absolute Gasteiger partial charge is 0.493 e. The van der Waals surface area contributed by atoms with E-state index < -0.39 is 0 Å². The molecule has 0 unspecified atom stereocenters. The minimum absolute atomic E-state index is 0.156. The van der Waals surface area contributed by atoms with Gasteiger partial charge in [0.15, 0.2) is 11.5 Å². The Bertz CT molecular complexity index is 489. The van der Waals surface area contributed by atoms with E-state index in [4.69, 9.17) is 9.47 Å². The second-order valence-corrected chi connectivity index (χ2v) is 5.76. The fourth-order valence-corrected chi connectivity index (χ4v) is 3.53. The Morgan fingerprint density at radius 1 is 1.10 bits per heavy atom. The zero-order valence-electron chi connectivity index (χ0n) is 12.3. The Morgan fingerprint density at radius 2 is 1.80 bits per heavy atom. The topological polar surface area (TPSA) is 41.9 Å². The molecule has 4 nitrogen and oxygen atoms in total. The van der Waals surface area contributed by atoms with Crippen molar-refractivity contribution in [3.8, 4) is 11.5 Å². The smallest absolute Gasteiger partial charge is 0.161 e. The van der Waals surface area contributed by atoms with E-state index in [2.05, 4.69) is 17.0 Å². The molecule has 1 aromatic rings. The highest BCUT2D eigenvalue weighted by molar-refractivity contribution is 5.48. The van der Waals surface area contributed by atoms with Crippen molar-refractivity contribution in [2.24, 2.45) is 0 Å². The van der Waals surface area contributed by atoms with E-state index in [1.807, 2.05) is 0 Å². The van der Waals surface area contributed by atoms with E-state index in [1.54, 1.807) is 14.2 Å². The highest BCUT2D eigenvalue weighted by Crippen LogP contribution is 2.35. The van der Waals surface area contributed by atoms with Crippen LogP contribution in [-0.4, -0.2) is 42.9 Å². The standard InChI is InChI=1S/C16H23NO3/c1-19-15-8-11-6-7-17(13-4-3-5-14(13)18)10-12(11)9-16(15)20-2/h8-9,13-14,18H,3-7,10H2,1-2H3/t13-,14-/m1/s1. The minimum atomic E-state index is -0.156. The van der Waals surface area contributed by atoms with Crippen LogP contribution in [0.25, 0.3) is 0 Å². The normalized spacial score (nSPS) is 26.4. The molecule has 110 valence electrons. The first-order valence-electron chi connectivity index (χ1n) is 7.39. The molecule has 1 N–H and O–H groups in total. The van der Waals surface area contributed by atoms with Crippen LogP contribution in [0.3, 0.4) is 0 Å². The first-order chi connectivity index (χ1) is 9.72. The molecule has 1 saturated carbocycles. The molecule has 1 aliphatic carbocycles. The average Bonchev–Trinajstić information content (AvgIpc) is 2.91. The lowest BCUT2D eigenvalue weighted by atomic mass is 9.97. The first-order valence-corrected chi connectivity index (χ1v) is 7.39. The highest BCUT2D eigenvalue weighted by atomic mass is 16.5. The number of methoxy groups -OCH3 is 2. The maximum atomic E-state index is 10.1. The summed E-state index contributed by atoms with van der Waals surface area (Å²) in [5.74, 6) is 1.60. The van der Waals surface area contributed by atoms with Gasteiger partial charge in [-0.15, -0.1) is 0 Å². The molecular weight excluding hydrogens is 254 g/mol. The molecule has 2 atom stereocenters. The van der Waals surface area contributed by atoms with Crippen LogP contribution in [0.5, 0.6) is 11.5 Å². The molecule has 3 rings (SSSR count). The molecule has 1 aliphatic heterocycles. The average molecular weight is 277 g/mol. The Labute approximate surface area is 120 Å². The summed E-state index contributed by atoms with van der Waals surface area (Å²) in [6.07, 6.45) is 4.06. The third-order valence-electron chi connectivity index (χ3n) is 4.66. The predicted octanol–water partition coefficient (Wildman–Crippen LogP) is 1.98. The molecule has 4 heteroatoms. The Balaban J connectivity index is 1.83. The zero-order chi connectivity index (χ0) is 14.1. The molecule has 1 aromatic carbocycles. The summed E-state index contributed by atoms with van der Waals surface area (Å²) < 4.78 is 10.8. The summed E-state index contributed by atoms with van der Waals surface area (Å²) in [7, 11) is 3.35. The second-order valence-electron chi connectivity index (χ2n) is 5.76. The van der Waals surface area contributed by atoms with E-state index in [1.165, 1.54) is 11.1 Å². The first kappa shape index (κ1) is 13.7. The van der Waals surface area contributed by atoms with Gasteiger partial charge in [-0.25, -0.2) is 0 Å². The molecule has 0 spiro atoms. The van der Waals surface area contributed by atoms with Gasteiger partial charge in [-0.05, 0) is 48.9 Å². The fourth-order valence-electron chi connectivity index (χ4n) is 3.53. The van der Waals surface area contributed by atoms with Crippen molar-refractivity contribution in [1.29, 1.82) is 0 Å². The number of hydrogen-bond acceptors (Lipinski definition) is 4. The lowest BCUT2D eigenvalue weighted by molar-refractivity contribution is 0.0625. The van der Waals surface area contributed by atoms with Gasteiger partial charge in [0.2, 0.25) is 0 Å². The van der Waals surface area contributed by atoms with Gasteiger partial charge in [0.25, 0.3) is 0 Å². The van der Waals surface area contributed by atoms with Crippen molar-refractivity contribution < 1.29 is 14.6 Å². The summed E-state index contributed by atoms with van der Waals surface area (Å²) in [6, 6.07) is 4.51. The number of rotatable bonds is 3. The predicted molar refractivity (Wildman–Crippen MR) is 77.3 cm³/mol. The lowest BCUT2D eigenvalue weighted by Gasteiger charge is -2.35. The molecule has 0 bridgehead atoms. The minimum Gasteiger partial charge on any atom is -0.493 e. The van der Waals surface area contributed by atoms with Crippen molar-refractivity contribution >= 4 is 0 Å². The third-order valence-corrected chi connectivity index (χ3v) is 4.66. The molecule has 0 amide bonds. The SMILES string of the molecule is COc1cc2c(cc1OC)CN([C@@H]1CCC[C@H]1O)CC2. The fraction of sp³-hybridized carbons (Fsp3) is 0.625. The van der Waals surface area contributed by atoms with Crippen molar-refractivity contribution in [3.63, 3.8) is 0 Å². The van der Waals surface area contributed by atoms with Crippen LogP contribution in [0.2, 0.25) is 0 Å². The van der Waals surface area contributed by atoms with Crippen molar-refractivity contribution in [2.45, 2.75) is 44.4 Å². The van der Waals surface area contributed by atoms with Gasteiger partial charge >= 0.3 is 0 Å². The summed E-state index contributed by atoms with van der Waals surface area (Å²) in [5, 5.41) is 10.1. The third kappa shape index (κ3) is 2.38. The molecule has 1 heterocycles. The van der Waals surface area contributed by atoms with Crippen LogP contribution in [0.4, 0.5) is 0 Å². The van der Waals surface area contributed by atoms with E-state index >= 15 is 0 Å². The number of benzene rings is 1. The highest BCUT2D eigenvalue weighted by Gasteiger charge is 2.32. The van der Waals surface area contributed by atoms with E-state index in [0.717, 1.165) is 50.3 Å². The van der Waals surface area contributed by atoms with E-state index in [-0.39, 0.29) is 6.10 Å². The van der Waals surface area contributed by atoms with Crippen molar-refractivity contribution in [1.82, 2.24) is 4.90 Å². The van der Waals surface area contributed by atoms with Crippen LogP contribution in [-0.2, 0) is 13.0 Å². The molecule has 20 heavy (non-hydrogen) atoms. The number of aliphatic hydroxyl groups is 1. The quantitative estimate of drug-likeness (QED) is 0.917. The number of hydrogen-bond donors (Lipinski definition) is 1. The maximum absolute atomic E-state index is 10.1. The van der Waals surface area contributed by atoms with Crippen LogP contribution < -0.4 is 9.47 Å². The zero-order valence-corrected chi connectivity index (χ0v) is 12.3. The van der Waals surface area contributed by atoms with Crippen LogP contribution >= 0.6 is 0 Å². The Hall–Kier alpha value is -1.26. The molecule has 0 aromatic heterocycles. The van der Waals surface area contributed by atoms with E-state index in [9.17, 15) is 5.11 Å². The second kappa shape index (κ2) is 5.62. The maximum Gasteiger partial charge on any atom is 0.161 e. The molecule has 0 saturated heterocycles. The summed E-state index contributed by atoms with van der Waals surface area (Å²) in [5.41, 5.74) is 2.64. The summed E-state index contributed by atoms with van der Waals surface area (Å²) in [6.45, 7) is 1.92. The Morgan fingerprint density at radius 3 is 2.40 bits per heavy atom. The van der Waals surface area contributed by atoms with Crippen LogP contribution in [0, 0.1) is 0 Å². The number of aliphatic hydroxyl groups excluding tert-OH is 1. The van der Waals surface area contributed by atoms with Gasteiger partial charge in [-0.2, -0.15) is 0 Å². The van der Waals surface area contributed by atoms with Gasteiger partial charge in [0.05, 0.1) is 20.3 Å². The summed E-state index contributed by atoms with van der Waals surface area (Å²) >= 11 is 0. The molecule has 0 radical (unpaired) electrons. The number of nitrogens with zero attached hydrogens (tertiary/aromatic N) is 1. The summed E-state index contributed by atoms with van der Waals surface area (Å²) in [4.78, 5) is 2.42. The van der Waals surface area contributed by atoms with Gasteiger partial charge < -0.3 is 14.6 Å². The Kier molecular flexibility index (Phi) is 3.85. The molecular formula is C16H23NO3. The van der Waals surface area contributed by atoms with Crippen molar-refractivity contribution in [3.05, 3.63) is 23.3 Å². The monoisotopic (exact) mass is 277 g/mol. The van der Waals surface area contributed by atoms with Gasteiger partial charge in [0, 0.05) is 19.1 Å². The molecule has 2 aliphatic rings. The van der Waals surface area contributed by atoms with E-state index in [0.29, 0.717) is 6.04 Å². The van der Waals surface area contributed by atoms with Crippen molar-refractivity contribution in [2.75, 3.05) is 20.8 Å². The molecule has 1 fully saturated rings. The number of ether oxygens (including phenoxy) is 2. The van der Waals surface area contributed by atoms with Crippen LogP contribution in [0.15, 0.2) is 12.1 Å². The lowest BCUT2D eigenvalue weighted by Crippen LogP contribution is -2.43. The van der Waals surface area contributed by atoms with Crippen LogP contribution in [0.1, 0.15) is 30.4 Å².